The summed E-state index contributed by atoms with van der Waals surface area (Å²) >= 11 is 0. The van der Waals surface area contributed by atoms with Gasteiger partial charge in [-0.05, 0) is 52.7 Å². The molecule has 0 aliphatic heterocycles. The Morgan fingerprint density at radius 2 is 1.09 bits per heavy atom. The molecule has 1 nitrogen and oxygen atoms in total. The average Bonchev–Trinajstić information content (AvgIpc) is 2.35. The van der Waals surface area contributed by atoms with Gasteiger partial charge in [-0.25, -0.2) is 0 Å². The van der Waals surface area contributed by atoms with Gasteiger partial charge >= 0.3 is 0 Å². The summed E-state index contributed by atoms with van der Waals surface area (Å²) in [4.78, 5) is 0. The van der Waals surface area contributed by atoms with E-state index < -0.39 is 0 Å². The van der Waals surface area contributed by atoms with Gasteiger partial charge in [-0.1, -0.05) is 59.7 Å². The Morgan fingerprint density at radius 3 is 1.43 bits per heavy atom. The van der Waals surface area contributed by atoms with Crippen LogP contribution in [0.5, 0.6) is 0 Å². The minimum absolute atomic E-state index is 0.193. The lowest BCUT2D eigenvalue weighted by atomic mass is 9.93. The van der Waals surface area contributed by atoms with Crippen molar-refractivity contribution < 1.29 is 4.74 Å². The van der Waals surface area contributed by atoms with Crippen LogP contribution in [0.15, 0.2) is 48.5 Å². The summed E-state index contributed by atoms with van der Waals surface area (Å²) in [6.45, 7) is 13.0. The Kier molecular flexibility index (Phi) is 5.31. The standard InChI is InChI=1S/C22H30O/c1-17-9-7-11-19(13-17)15-21(3,4)23-22(5,6)16-20-12-8-10-18(2)14-20/h7-14H,15-16H2,1-6H3. The lowest BCUT2D eigenvalue weighted by Gasteiger charge is -2.36. The maximum absolute atomic E-state index is 6.51. The molecule has 0 saturated carbocycles. The van der Waals surface area contributed by atoms with E-state index in [2.05, 4.69) is 90.1 Å². The molecule has 2 rings (SSSR count). The lowest BCUT2D eigenvalue weighted by molar-refractivity contribution is -0.121. The number of benzene rings is 2. The number of hydrogen-bond acceptors (Lipinski definition) is 1. The predicted molar refractivity (Wildman–Crippen MR) is 99.0 cm³/mol. The van der Waals surface area contributed by atoms with Gasteiger partial charge < -0.3 is 4.74 Å². The molecule has 0 heterocycles. The normalized spacial score (nSPS) is 12.4. The molecule has 0 fully saturated rings. The van der Waals surface area contributed by atoms with E-state index >= 15 is 0 Å². The van der Waals surface area contributed by atoms with Gasteiger partial charge in [-0.15, -0.1) is 0 Å². The van der Waals surface area contributed by atoms with E-state index in [0.717, 1.165) is 12.8 Å². The molecule has 23 heavy (non-hydrogen) atoms. The summed E-state index contributed by atoms with van der Waals surface area (Å²) in [6.07, 6.45) is 1.85. The molecular formula is C22H30O. The zero-order chi connectivity index (χ0) is 17.1. The second-order valence-electron chi connectivity index (χ2n) is 7.95. The van der Waals surface area contributed by atoms with E-state index in [1.807, 2.05) is 0 Å². The molecule has 0 atom stereocenters. The van der Waals surface area contributed by atoms with Crippen molar-refractivity contribution in [3.63, 3.8) is 0 Å². The van der Waals surface area contributed by atoms with E-state index in [0.29, 0.717) is 0 Å². The summed E-state index contributed by atoms with van der Waals surface area (Å²) in [5.41, 5.74) is 4.89. The number of rotatable bonds is 6. The summed E-state index contributed by atoms with van der Waals surface area (Å²) in [5.74, 6) is 0. The Hall–Kier alpha value is -1.60. The molecule has 2 aromatic rings. The van der Waals surface area contributed by atoms with Crippen LogP contribution in [0.4, 0.5) is 0 Å². The Labute approximate surface area is 141 Å². The quantitative estimate of drug-likeness (QED) is 0.668. The molecule has 124 valence electrons. The van der Waals surface area contributed by atoms with Crippen LogP contribution in [-0.2, 0) is 17.6 Å². The first-order chi connectivity index (χ1) is 10.7. The van der Waals surface area contributed by atoms with Crippen molar-refractivity contribution in [2.75, 3.05) is 0 Å². The van der Waals surface area contributed by atoms with Gasteiger partial charge in [0.2, 0.25) is 0 Å². The number of ether oxygens (including phenoxy) is 1. The van der Waals surface area contributed by atoms with Crippen molar-refractivity contribution in [1.29, 1.82) is 0 Å². The second kappa shape index (κ2) is 6.88. The van der Waals surface area contributed by atoms with Gasteiger partial charge in [-0.3, -0.25) is 0 Å². The summed E-state index contributed by atoms with van der Waals surface area (Å²) in [6, 6.07) is 17.4. The molecule has 2 aromatic carbocycles. The van der Waals surface area contributed by atoms with Crippen LogP contribution >= 0.6 is 0 Å². The highest BCUT2D eigenvalue weighted by atomic mass is 16.5. The third kappa shape index (κ3) is 5.84. The monoisotopic (exact) mass is 310 g/mol. The van der Waals surface area contributed by atoms with Crippen molar-refractivity contribution >= 4 is 0 Å². The van der Waals surface area contributed by atoms with Crippen molar-refractivity contribution in [2.45, 2.75) is 65.6 Å². The van der Waals surface area contributed by atoms with E-state index in [1.165, 1.54) is 22.3 Å². The number of aryl methyl sites for hydroxylation is 2. The molecule has 0 radical (unpaired) electrons. The molecule has 0 amide bonds. The predicted octanol–water partition coefficient (Wildman–Crippen LogP) is 5.66. The van der Waals surface area contributed by atoms with Gasteiger partial charge in [0.15, 0.2) is 0 Å². The zero-order valence-electron chi connectivity index (χ0n) is 15.4. The van der Waals surface area contributed by atoms with Crippen LogP contribution in [0, 0.1) is 13.8 Å². The fraction of sp³-hybridized carbons (Fsp3) is 0.455. The first kappa shape index (κ1) is 17.7. The van der Waals surface area contributed by atoms with Crippen LogP contribution in [0.25, 0.3) is 0 Å². The highest BCUT2D eigenvalue weighted by molar-refractivity contribution is 5.24. The van der Waals surface area contributed by atoms with Gasteiger partial charge in [0, 0.05) is 12.8 Å². The molecule has 0 aliphatic carbocycles. The Balaban J connectivity index is 2.05. The van der Waals surface area contributed by atoms with E-state index in [9.17, 15) is 0 Å². The fourth-order valence-electron chi connectivity index (χ4n) is 3.45. The molecule has 0 aliphatic rings. The lowest BCUT2D eigenvalue weighted by Crippen LogP contribution is -2.40. The molecule has 0 aromatic heterocycles. The minimum atomic E-state index is -0.193. The van der Waals surface area contributed by atoms with Crippen molar-refractivity contribution in [1.82, 2.24) is 0 Å². The first-order valence-corrected chi connectivity index (χ1v) is 8.47. The molecule has 0 bridgehead atoms. The highest BCUT2D eigenvalue weighted by Gasteiger charge is 2.29. The SMILES string of the molecule is Cc1cccc(CC(C)(C)OC(C)(C)Cc2cccc(C)c2)c1. The van der Waals surface area contributed by atoms with Crippen molar-refractivity contribution in [3.8, 4) is 0 Å². The smallest absolute Gasteiger partial charge is 0.0674 e. The largest absolute Gasteiger partial charge is 0.369 e. The minimum Gasteiger partial charge on any atom is -0.369 e. The topological polar surface area (TPSA) is 9.23 Å². The summed E-state index contributed by atoms with van der Waals surface area (Å²) in [5, 5.41) is 0. The Bertz CT molecular complexity index is 595. The number of hydrogen-bond donors (Lipinski definition) is 0. The highest BCUT2D eigenvalue weighted by Crippen LogP contribution is 2.27. The molecule has 0 saturated heterocycles. The third-order valence-electron chi connectivity index (χ3n) is 3.98. The second-order valence-corrected chi connectivity index (χ2v) is 7.95. The van der Waals surface area contributed by atoms with Crippen LogP contribution < -0.4 is 0 Å². The molecule has 0 N–H and O–H groups in total. The van der Waals surface area contributed by atoms with Crippen LogP contribution in [0.3, 0.4) is 0 Å². The van der Waals surface area contributed by atoms with Crippen LogP contribution in [-0.4, -0.2) is 11.2 Å². The van der Waals surface area contributed by atoms with E-state index in [1.54, 1.807) is 0 Å². The zero-order valence-corrected chi connectivity index (χ0v) is 15.4. The third-order valence-corrected chi connectivity index (χ3v) is 3.98. The molecule has 1 heteroatoms. The van der Waals surface area contributed by atoms with Crippen LogP contribution in [0.2, 0.25) is 0 Å². The maximum atomic E-state index is 6.51. The molecule has 0 unspecified atom stereocenters. The average molecular weight is 310 g/mol. The fourth-order valence-corrected chi connectivity index (χ4v) is 3.45. The Morgan fingerprint density at radius 1 is 0.696 bits per heavy atom. The first-order valence-electron chi connectivity index (χ1n) is 8.47. The summed E-state index contributed by atoms with van der Waals surface area (Å²) in [7, 11) is 0. The van der Waals surface area contributed by atoms with Crippen molar-refractivity contribution in [2.24, 2.45) is 0 Å². The van der Waals surface area contributed by atoms with Gasteiger partial charge in [-0.2, -0.15) is 0 Å². The van der Waals surface area contributed by atoms with Crippen LogP contribution in [0.1, 0.15) is 49.9 Å². The van der Waals surface area contributed by atoms with Crippen molar-refractivity contribution in [3.05, 3.63) is 70.8 Å². The maximum Gasteiger partial charge on any atom is 0.0674 e. The van der Waals surface area contributed by atoms with E-state index in [4.69, 9.17) is 4.74 Å². The molecular weight excluding hydrogens is 280 g/mol. The summed E-state index contributed by atoms with van der Waals surface area (Å²) < 4.78 is 6.51. The molecule has 0 spiro atoms. The van der Waals surface area contributed by atoms with Gasteiger partial charge in [0.05, 0.1) is 11.2 Å². The van der Waals surface area contributed by atoms with Gasteiger partial charge in [0.25, 0.3) is 0 Å². The van der Waals surface area contributed by atoms with E-state index in [-0.39, 0.29) is 11.2 Å². The van der Waals surface area contributed by atoms with Gasteiger partial charge in [0.1, 0.15) is 0 Å².